The number of halogens is 4. The second-order valence-corrected chi connectivity index (χ2v) is 2.07. The minimum absolute atomic E-state index is 0.611. The highest BCUT2D eigenvalue weighted by Crippen LogP contribution is 2.31. The van der Waals surface area contributed by atoms with Crippen LogP contribution in [0.1, 0.15) is 0 Å². The molecule has 13 heavy (non-hydrogen) atoms. The monoisotopic (exact) mass is 196 g/mol. The highest BCUT2D eigenvalue weighted by molar-refractivity contribution is 5.39. The van der Waals surface area contributed by atoms with Gasteiger partial charge in [-0.2, -0.15) is 0 Å². The average molecular weight is 196 g/mol. The van der Waals surface area contributed by atoms with E-state index in [0.29, 0.717) is 0 Å². The number of alkyl halides is 3. The maximum Gasteiger partial charge on any atom is 0.573 e. The fourth-order valence-electron chi connectivity index (χ4n) is 0.723. The van der Waals surface area contributed by atoms with Crippen molar-refractivity contribution in [2.45, 2.75) is 6.36 Å². The molecule has 0 spiro atoms. The normalized spacial score (nSPS) is 11.1. The summed E-state index contributed by atoms with van der Waals surface area (Å²) in [7, 11) is 0. The van der Waals surface area contributed by atoms with Crippen molar-refractivity contribution in [2.75, 3.05) is 0 Å². The molecule has 0 atom stereocenters. The molecule has 72 valence electrons. The van der Waals surface area contributed by atoms with Crippen LogP contribution in [0.25, 0.3) is 0 Å². The van der Waals surface area contributed by atoms with E-state index in [1.54, 1.807) is 0 Å². The number of rotatable bonds is 2. The van der Waals surface area contributed by atoms with E-state index in [1.807, 2.05) is 0 Å². The number of para-hydroxylation sites is 2. The molecule has 1 aromatic rings. The van der Waals surface area contributed by atoms with Gasteiger partial charge in [0.1, 0.15) is 0 Å². The van der Waals surface area contributed by atoms with Gasteiger partial charge < -0.3 is 4.74 Å². The first kappa shape index (κ1) is 9.63. The summed E-state index contributed by atoms with van der Waals surface area (Å²) >= 11 is 0. The molecule has 0 fully saturated rings. The molecular weight excluding hydrogens is 192 g/mol. The largest absolute Gasteiger partial charge is 0.573 e. The van der Waals surface area contributed by atoms with Gasteiger partial charge in [-0.1, -0.05) is 12.1 Å². The Labute approximate surface area is 70.6 Å². The maximum absolute atomic E-state index is 11.7. The third-order valence-electron chi connectivity index (χ3n) is 1.16. The van der Waals surface area contributed by atoms with Gasteiger partial charge in [0, 0.05) is 4.53 Å². The lowest BCUT2D eigenvalue weighted by atomic mass is 10.3. The standard InChI is InChI=1S/C7H4F4O2/c8-7(9,10)12-5-3-1-2-4-6(5)13-11/h1-4H. The van der Waals surface area contributed by atoms with Crippen LogP contribution in [0, 0.1) is 0 Å². The van der Waals surface area contributed by atoms with Gasteiger partial charge in [-0.05, 0) is 12.1 Å². The van der Waals surface area contributed by atoms with Crippen LogP contribution in [0.5, 0.6) is 11.5 Å². The molecule has 0 unspecified atom stereocenters. The van der Waals surface area contributed by atoms with Crippen molar-refractivity contribution in [3.8, 4) is 11.5 Å². The fraction of sp³-hybridized carbons (Fsp3) is 0.143. The molecule has 0 aromatic heterocycles. The van der Waals surface area contributed by atoms with E-state index in [1.165, 1.54) is 12.1 Å². The molecule has 1 aromatic carbocycles. The van der Waals surface area contributed by atoms with Gasteiger partial charge in [0.15, 0.2) is 5.75 Å². The van der Waals surface area contributed by atoms with E-state index in [0.717, 1.165) is 12.1 Å². The van der Waals surface area contributed by atoms with Gasteiger partial charge in [0.05, 0.1) is 0 Å². The van der Waals surface area contributed by atoms with Gasteiger partial charge >= 0.3 is 6.36 Å². The van der Waals surface area contributed by atoms with Crippen molar-refractivity contribution >= 4 is 0 Å². The highest BCUT2D eigenvalue weighted by atomic mass is 19.4. The van der Waals surface area contributed by atoms with E-state index < -0.39 is 17.9 Å². The molecule has 0 radical (unpaired) electrons. The predicted octanol–water partition coefficient (Wildman–Crippen LogP) is 2.85. The lowest BCUT2D eigenvalue weighted by Crippen LogP contribution is -2.17. The van der Waals surface area contributed by atoms with E-state index in [-0.39, 0.29) is 0 Å². The summed E-state index contributed by atoms with van der Waals surface area (Å²) in [4.78, 5) is 3.17. The Morgan fingerprint density at radius 1 is 1.00 bits per heavy atom. The smallest absolute Gasteiger partial charge is 0.402 e. The summed E-state index contributed by atoms with van der Waals surface area (Å²) in [5.74, 6) is -1.32. The first-order valence-corrected chi connectivity index (χ1v) is 3.16. The van der Waals surface area contributed by atoms with Crippen molar-refractivity contribution in [3.63, 3.8) is 0 Å². The summed E-state index contributed by atoms with van der Waals surface area (Å²) < 4.78 is 50.0. The quantitative estimate of drug-likeness (QED) is 0.677. The van der Waals surface area contributed by atoms with Crippen LogP contribution in [0.3, 0.4) is 0 Å². The van der Waals surface area contributed by atoms with Gasteiger partial charge in [0.25, 0.3) is 0 Å². The molecule has 0 saturated carbocycles. The van der Waals surface area contributed by atoms with Crippen LogP contribution in [-0.4, -0.2) is 6.36 Å². The van der Waals surface area contributed by atoms with Crippen molar-refractivity contribution in [1.29, 1.82) is 0 Å². The van der Waals surface area contributed by atoms with Gasteiger partial charge in [-0.25, -0.2) is 0 Å². The Morgan fingerprint density at radius 3 is 2.00 bits per heavy atom. The van der Waals surface area contributed by atoms with E-state index in [4.69, 9.17) is 0 Å². The van der Waals surface area contributed by atoms with Crippen LogP contribution in [0.15, 0.2) is 24.3 Å². The molecule has 0 aliphatic heterocycles. The molecule has 0 heterocycles. The molecular formula is C7H4F4O2. The Balaban J connectivity index is 2.87. The summed E-state index contributed by atoms with van der Waals surface area (Å²) in [6, 6.07) is 4.55. The first-order chi connectivity index (χ1) is 6.03. The number of benzene rings is 1. The van der Waals surface area contributed by atoms with E-state index >= 15 is 0 Å². The molecule has 1 rings (SSSR count). The van der Waals surface area contributed by atoms with Gasteiger partial charge in [-0.15, -0.1) is 13.2 Å². The van der Waals surface area contributed by atoms with Crippen LogP contribution in [0.4, 0.5) is 17.7 Å². The zero-order valence-corrected chi connectivity index (χ0v) is 6.14. The lowest BCUT2D eigenvalue weighted by Gasteiger charge is -2.09. The summed E-state index contributed by atoms with van der Waals surface area (Å²) in [5.41, 5.74) is 0. The van der Waals surface area contributed by atoms with Crippen molar-refractivity contribution in [1.82, 2.24) is 0 Å². The Morgan fingerprint density at radius 2 is 1.54 bits per heavy atom. The molecule has 2 nitrogen and oxygen atoms in total. The summed E-state index contributed by atoms with van der Waals surface area (Å²) in [5, 5.41) is 0. The second-order valence-electron chi connectivity index (χ2n) is 2.07. The molecule has 0 amide bonds. The maximum atomic E-state index is 11.7. The summed E-state index contributed by atoms with van der Waals surface area (Å²) in [6.45, 7) is 0. The average Bonchev–Trinajstić information content (AvgIpc) is 2.02. The molecule has 0 N–H and O–H groups in total. The van der Waals surface area contributed by atoms with Crippen LogP contribution in [-0.2, 0) is 0 Å². The summed E-state index contributed by atoms with van der Waals surface area (Å²) in [6.07, 6.45) is -4.85. The molecule has 0 bridgehead atoms. The fourth-order valence-corrected chi connectivity index (χ4v) is 0.723. The third-order valence-corrected chi connectivity index (χ3v) is 1.16. The van der Waals surface area contributed by atoms with E-state index in [2.05, 4.69) is 9.68 Å². The second kappa shape index (κ2) is 3.51. The zero-order valence-electron chi connectivity index (χ0n) is 6.14. The molecule has 0 saturated heterocycles. The Kier molecular flexibility index (Phi) is 2.60. The van der Waals surface area contributed by atoms with Crippen molar-refractivity contribution in [2.24, 2.45) is 0 Å². The Hall–Kier alpha value is -1.46. The first-order valence-electron chi connectivity index (χ1n) is 3.16. The lowest BCUT2D eigenvalue weighted by molar-refractivity contribution is -0.275. The third kappa shape index (κ3) is 2.81. The van der Waals surface area contributed by atoms with Crippen molar-refractivity contribution in [3.05, 3.63) is 24.3 Å². The number of ether oxygens (including phenoxy) is 1. The minimum atomic E-state index is -4.85. The predicted molar refractivity (Wildman–Crippen MR) is 34.9 cm³/mol. The van der Waals surface area contributed by atoms with Crippen molar-refractivity contribution < 1.29 is 27.4 Å². The molecule has 6 heteroatoms. The molecule has 0 aliphatic rings. The van der Waals surface area contributed by atoms with Crippen LogP contribution >= 0.6 is 0 Å². The number of hydrogen-bond donors (Lipinski definition) is 0. The van der Waals surface area contributed by atoms with E-state index in [9.17, 15) is 17.7 Å². The highest BCUT2D eigenvalue weighted by Gasteiger charge is 2.32. The van der Waals surface area contributed by atoms with Crippen LogP contribution in [0.2, 0.25) is 0 Å². The molecule has 0 aliphatic carbocycles. The zero-order chi connectivity index (χ0) is 9.90. The Bertz CT molecular complexity index is 284. The SMILES string of the molecule is FOc1ccccc1OC(F)(F)F. The minimum Gasteiger partial charge on any atom is -0.402 e. The van der Waals surface area contributed by atoms with Crippen LogP contribution < -0.4 is 9.68 Å². The van der Waals surface area contributed by atoms with Gasteiger partial charge in [-0.3, -0.25) is 4.94 Å². The topological polar surface area (TPSA) is 18.5 Å². The van der Waals surface area contributed by atoms with Gasteiger partial charge in [0.2, 0.25) is 5.75 Å². The number of hydrogen-bond acceptors (Lipinski definition) is 2.